The Balaban J connectivity index is 2.53. The third-order valence-electron chi connectivity index (χ3n) is 2.76. The van der Waals surface area contributed by atoms with E-state index >= 15 is 0 Å². The van der Waals surface area contributed by atoms with Crippen LogP contribution in [0.25, 0.3) is 11.3 Å². The topological polar surface area (TPSA) is 31.4 Å². The van der Waals surface area contributed by atoms with Gasteiger partial charge in [-0.15, -0.1) is 13.2 Å². The van der Waals surface area contributed by atoms with Crippen molar-refractivity contribution in [1.29, 1.82) is 0 Å². The van der Waals surface area contributed by atoms with Gasteiger partial charge in [-0.25, -0.2) is 0 Å². The van der Waals surface area contributed by atoms with Crippen LogP contribution in [0.4, 0.5) is 26.3 Å². The van der Waals surface area contributed by atoms with Crippen LogP contribution in [0, 0.1) is 0 Å². The number of methoxy groups -OCH3 is 1. The molecule has 0 aliphatic heterocycles. The number of hydrogen-bond acceptors (Lipinski definition) is 3. The molecule has 0 fully saturated rings. The molecule has 0 aliphatic carbocycles. The number of pyridine rings is 1. The normalized spacial score (nSPS) is 12.1. The van der Waals surface area contributed by atoms with E-state index in [-0.39, 0.29) is 11.3 Å². The fourth-order valence-corrected chi connectivity index (χ4v) is 1.92. The summed E-state index contributed by atoms with van der Waals surface area (Å²) in [5.41, 5.74) is -1.32. The Morgan fingerprint density at radius 1 is 1.00 bits per heavy atom. The molecule has 0 aliphatic rings. The van der Waals surface area contributed by atoms with Crippen LogP contribution < -0.4 is 9.47 Å². The van der Waals surface area contributed by atoms with Crippen LogP contribution in [0.5, 0.6) is 11.5 Å². The first kappa shape index (κ1) is 16.9. The summed E-state index contributed by atoms with van der Waals surface area (Å²) in [6.07, 6.45) is -8.70. The molecule has 0 N–H and O–H groups in total. The van der Waals surface area contributed by atoms with Gasteiger partial charge in [0.05, 0.1) is 7.11 Å². The van der Waals surface area contributed by atoms with Gasteiger partial charge in [-0.05, 0) is 18.2 Å². The highest BCUT2D eigenvalue weighted by Crippen LogP contribution is 2.41. The predicted octanol–water partition coefficient (Wildman–Crippen LogP) is 4.67. The van der Waals surface area contributed by atoms with E-state index in [0.29, 0.717) is 0 Å². The molecule has 0 saturated carbocycles. The van der Waals surface area contributed by atoms with E-state index in [2.05, 4.69) is 9.72 Å². The SMILES string of the molecule is COc1c(C(F)(F)F)ccnc1-c1cccc(OC(F)(F)F)c1. The van der Waals surface area contributed by atoms with Gasteiger partial charge in [0.1, 0.15) is 17.0 Å². The minimum Gasteiger partial charge on any atom is -0.494 e. The molecule has 23 heavy (non-hydrogen) atoms. The molecule has 0 saturated heterocycles. The minimum atomic E-state index is -4.91. The van der Waals surface area contributed by atoms with Crippen molar-refractivity contribution in [2.75, 3.05) is 7.11 Å². The summed E-state index contributed by atoms with van der Waals surface area (Å²) < 4.78 is 84.0. The van der Waals surface area contributed by atoms with Gasteiger partial charge in [-0.1, -0.05) is 12.1 Å². The molecule has 0 amide bonds. The van der Waals surface area contributed by atoms with Crippen molar-refractivity contribution >= 4 is 0 Å². The first-order valence-electron chi connectivity index (χ1n) is 6.08. The lowest BCUT2D eigenvalue weighted by molar-refractivity contribution is -0.274. The van der Waals surface area contributed by atoms with Crippen molar-refractivity contribution in [1.82, 2.24) is 4.98 Å². The van der Waals surface area contributed by atoms with E-state index in [9.17, 15) is 26.3 Å². The second-order valence-electron chi connectivity index (χ2n) is 4.31. The molecule has 0 radical (unpaired) electrons. The summed E-state index contributed by atoms with van der Waals surface area (Å²) in [7, 11) is 1.02. The minimum absolute atomic E-state index is 0.00491. The Bertz CT molecular complexity index is 696. The number of aromatic nitrogens is 1. The molecule has 0 atom stereocenters. The average molecular weight is 337 g/mol. The Morgan fingerprint density at radius 3 is 2.26 bits per heavy atom. The van der Waals surface area contributed by atoms with Crippen LogP contribution >= 0.6 is 0 Å². The highest BCUT2D eigenvalue weighted by atomic mass is 19.4. The first-order chi connectivity index (χ1) is 10.6. The molecule has 1 aromatic heterocycles. The molecule has 2 aromatic rings. The molecular formula is C14H9F6NO2. The van der Waals surface area contributed by atoms with Crippen molar-refractivity contribution in [2.45, 2.75) is 12.5 Å². The van der Waals surface area contributed by atoms with Gasteiger partial charge in [0, 0.05) is 11.8 Å². The number of nitrogens with zero attached hydrogens (tertiary/aromatic N) is 1. The van der Waals surface area contributed by atoms with Gasteiger partial charge in [0.25, 0.3) is 0 Å². The van der Waals surface area contributed by atoms with E-state index in [0.717, 1.165) is 31.5 Å². The maximum absolute atomic E-state index is 13.0. The maximum atomic E-state index is 13.0. The largest absolute Gasteiger partial charge is 0.573 e. The molecule has 1 heterocycles. The maximum Gasteiger partial charge on any atom is 0.573 e. The lowest BCUT2D eigenvalue weighted by Gasteiger charge is -2.15. The first-order valence-corrected chi connectivity index (χ1v) is 6.08. The molecule has 2 rings (SSSR count). The molecule has 9 heteroatoms. The van der Waals surface area contributed by atoms with Crippen LogP contribution in [-0.4, -0.2) is 18.5 Å². The van der Waals surface area contributed by atoms with E-state index in [1.165, 1.54) is 12.1 Å². The molecule has 1 aromatic carbocycles. The van der Waals surface area contributed by atoms with Gasteiger partial charge in [-0.3, -0.25) is 4.98 Å². The van der Waals surface area contributed by atoms with Crippen LogP contribution in [-0.2, 0) is 6.18 Å². The zero-order valence-electron chi connectivity index (χ0n) is 11.5. The summed E-state index contributed by atoms with van der Waals surface area (Å²) in [4.78, 5) is 3.77. The second-order valence-corrected chi connectivity index (χ2v) is 4.31. The van der Waals surface area contributed by atoms with Crippen LogP contribution in [0.15, 0.2) is 36.5 Å². The molecule has 0 bridgehead atoms. The Hall–Kier alpha value is -2.45. The van der Waals surface area contributed by atoms with Gasteiger partial charge < -0.3 is 9.47 Å². The van der Waals surface area contributed by atoms with Crippen LogP contribution in [0.1, 0.15) is 5.56 Å². The molecule has 124 valence electrons. The number of rotatable bonds is 3. The Kier molecular flexibility index (Phi) is 4.39. The van der Waals surface area contributed by atoms with E-state index in [1.807, 2.05) is 0 Å². The fraction of sp³-hybridized carbons (Fsp3) is 0.214. The number of alkyl halides is 6. The van der Waals surface area contributed by atoms with Crippen LogP contribution in [0.3, 0.4) is 0 Å². The third-order valence-corrected chi connectivity index (χ3v) is 2.76. The van der Waals surface area contributed by atoms with Crippen molar-refractivity contribution in [3.8, 4) is 22.8 Å². The predicted molar refractivity (Wildman–Crippen MR) is 67.9 cm³/mol. The monoisotopic (exact) mass is 337 g/mol. The Morgan fingerprint density at radius 2 is 1.70 bits per heavy atom. The molecule has 0 unspecified atom stereocenters. The van der Waals surface area contributed by atoms with Gasteiger partial charge in [0.15, 0.2) is 5.75 Å². The zero-order chi connectivity index (χ0) is 17.3. The zero-order valence-corrected chi connectivity index (χ0v) is 11.5. The van der Waals surface area contributed by atoms with Gasteiger partial charge >= 0.3 is 12.5 Å². The average Bonchev–Trinajstić information content (AvgIpc) is 2.44. The summed E-state index contributed by atoms with van der Waals surface area (Å²) in [6, 6.07) is 5.18. The van der Waals surface area contributed by atoms with Crippen molar-refractivity contribution in [3.63, 3.8) is 0 Å². The molecular weight excluding hydrogens is 328 g/mol. The highest BCUT2D eigenvalue weighted by molar-refractivity contribution is 5.69. The van der Waals surface area contributed by atoms with E-state index < -0.39 is 29.6 Å². The van der Waals surface area contributed by atoms with Crippen LogP contribution in [0.2, 0.25) is 0 Å². The van der Waals surface area contributed by atoms with E-state index in [1.54, 1.807) is 0 Å². The lowest BCUT2D eigenvalue weighted by atomic mass is 10.1. The highest BCUT2D eigenvalue weighted by Gasteiger charge is 2.36. The van der Waals surface area contributed by atoms with Crippen molar-refractivity contribution in [2.24, 2.45) is 0 Å². The molecule has 3 nitrogen and oxygen atoms in total. The summed E-state index contributed by atoms with van der Waals surface area (Å²) in [5, 5.41) is 0. The van der Waals surface area contributed by atoms with Crippen molar-refractivity contribution < 1.29 is 35.8 Å². The summed E-state index contributed by atoms with van der Waals surface area (Å²) in [6.45, 7) is 0. The smallest absolute Gasteiger partial charge is 0.494 e. The fourth-order valence-electron chi connectivity index (χ4n) is 1.92. The second kappa shape index (κ2) is 5.98. The van der Waals surface area contributed by atoms with E-state index in [4.69, 9.17) is 4.74 Å². The number of benzene rings is 1. The quantitative estimate of drug-likeness (QED) is 0.763. The number of ether oxygens (including phenoxy) is 2. The lowest BCUT2D eigenvalue weighted by Crippen LogP contribution is -2.17. The third kappa shape index (κ3) is 4.05. The summed E-state index contributed by atoms with van der Waals surface area (Å²) >= 11 is 0. The van der Waals surface area contributed by atoms with Crippen molar-refractivity contribution in [3.05, 3.63) is 42.1 Å². The molecule has 0 spiro atoms. The summed E-state index contributed by atoms with van der Waals surface area (Å²) in [5.74, 6) is -1.15. The Labute approximate surface area is 126 Å². The number of hydrogen-bond donors (Lipinski definition) is 0. The van der Waals surface area contributed by atoms with Gasteiger partial charge in [0.2, 0.25) is 0 Å². The number of halogens is 6. The van der Waals surface area contributed by atoms with Gasteiger partial charge in [-0.2, -0.15) is 13.2 Å². The standard InChI is InChI=1S/C14H9F6NO2/c1-22-12-10(13(15,16)17)5-6-21-11(12)8-3-2-4-9(7-8)23-14(18,19)20/h2-7H,1H3.